The smallest absolute Gasteiger partial charge is 0.227 e. The van der Waals surface area contributed by atoms with Gasteiger partial charge in [-0.3, -0.25) is 0 Å². The first-order valence-corrected chi connectivity index (χ1v) is 17.8. The summed E-state index contributed by atoms with van der Waals surface area (Å²) in [7, 11) is 0. The molecule has 5 nitrogen and oxygen atoms in total. The van der Waals surface area contributed by atoms with Crippen LogP contribution in [0.5, 0.6) is 23.0 Å². The molecule has 2 aliphatic heterocycles. The summed E-state index contributed by atoms with van der Waals surface area (Å²) in [5.74, 6) is 3.23. The summed E-state index contributed by atoms with van der Waals surface area (Å²) in [6.45, 7) is 0. The van der Waals surface area contributed by atoms with Gasteiger partial charge in [0, 0.05) is 50.0 Å². The molecular weight excluding hydrogens is 655 g/mol. The maximum absolute atomic E-state index is 6.87. The van der Waals surface area contributed by atoms with E-state index in [1.807, 2.05) is 48.5 Å². The summed E-state index contributed by atoms with van der Waals surface area (Å²) in [6.07, 6.45) is 1.76. The van der Waals surface area contributed by atoms with Gasteiger partial charge in [0.15, 0.2) is 0 Å². The van der Waals surface area contributed by atoms with Gasteiger partial charge in [0.05, 0.1) is 5.41 Å². The van der Waals surface area contributed by atoms with Gasteiger partial charge in [-0.05, 0) is 76.9 Å². The first-order chi connectivity index (χ1) is 26.3. The Morgan fingerprint density at radius 3 is 1.60 bits per heavy atom. The van der Waals surface area contributed by atoms with Gasteiger partial charge in [-0.15, -0.1) is 0 Å². The topological polar surface area (TPSA) is 57.6 Å². The molecule has 0 N–H and O–H groups in total. The molecule has 248 valence electrons. The van der Waals surface area contributed by atoms with Crippen LogP contribution < -0.4 is 9.47 Å². The van der Waals surface area contributed by atoms with Crippen LogP contribution in [-0.2, 0) is 5.41 Å². The number of ether oxygens (including phenoxy) is 2. The zero-order valence-corrected chi connectivity index (χ0v) is 28.2. The summed E-state index contributed by atoms with van der Waals surface area (Å²) < 4.78 is 26.2. The van der Waals surface area contributed by atoms with Crippen LogP contribution in [0.15, 0.2) is 173 Å². The lowest BCUT2D eigenvalue weighted by Crippen LogP contribution is -2.36. The van der Waals surface area contributed by atoms with Crippen LogP contribution in [-0.4, -0.2) is 4.98 Å². The van der Waals surface area contributed by atoms with E-state index < -0.39 is 5.41 Å². The molecule has 0 fully saturated rings. The van der Waals surface area contributed by atoms with E-state index in [4.69, 9.17) is 18.3 Å². The van der Waals surface area contributed by atoms with Crippen molar-refractivity contribution in [1.82, 2.24) is 4.98 Å². The Morgan fingerprint density at radius 1 is 0.396 bits per heavy atom. The Labute approximate surface area is 303 Å². The zero-order valence-electron chi connectivity index (χ0n) is 28.2. The van der Waals surface area contributed by atoms with Gasteiger partial charge in [0.1, 0.15) is 39.7 Å². The average Bonchev–Trinajstić information content (AvgIpc) is 3.79. The summed E-state index contributed by atoms with van der Waals surface area (Å²) in [4.78, 5) is 4.49. The highest BCUT2D eigenvalue weighted by Crippen LogP contribution is 2.62. The molecule has 5 heteroatoms. The highest BCUT2D eigenvalue weighted by molar-refractivity contribution is 6.13. The van der Waals surface area contributed by atoms with E-state index >= 15 is 0 Å². The minimum atomic E-state index is -0.710. The third-order valence-electron chi connectivity index (χ3n) is 11.1. The molecule has 0 aliphatic carbocycles. The normalized spacial score (nSPS) is 15.5. The fourth-order valence-electron chi connectivity index (χ4n) is 8.92. The summed E-state index contributed by atoms with van der Waals surface area (Å²) in [6, 6.07) is 54.7. The van der Waals surface area contributed by atoms with E-state index in [0.29, 0.717) is 5.71 Å². The molecule has 0 saturated heterocycles. The Kier molecular flexibility index (Phi) is 5.64. The second kappa shape index (κ2) is 10.5. The standard InChI is InChI=1S/C48H27NO4/c1-4-16-38-32(10-1)45-30(11-7-19-41(45)50-38)28-21-23-36-43(26-28)51-39-17-5-2-14-34(39)48(36)35-15-3-6-18-40(35)52-44-27-29(22-24-37(44)48)31-12-8-20-42-46(31)33-13-9-25-49-47(33)53-42/h1-27H. The van der Waals surface area contributed by atoms with Crippen LogP contribution >= 0.6 is 0 Å². The average molecular weight is 682 g/mol. The second-order valence-electron chi connectivity index (χ2n) is 13.8. The summed E-state index contributed by atoms with van der Waals surface area (Å²) in [5.41, 5.74) is 11.0. The Bertz CT molecular complexity index is 2940. The highest BCUT2D eigenvalue weighted by Gasteiger charge is 2.50. The Hall–Kier alpha value is -7.11. The molecule has 0 saturated carbocycles. The van der Waals surface area contributed by atoms with Crippen molar-refractivity contribution < 1.29 is 18.3 Å². The monoisotopic (exact) mass is 681 g/mol. The third-order valence-corrected chi connectivity index (χ3v) is 11.1. The molecule has 1 unspecified atom stereocenters. The van der Waals surface area contributed by atoms with Crippen LogP contribution in [0.3, 0.4) is 0 Å². The molecular formula is C48H27NO4. The quantitative estimate of drug-likeness (QED) is 0.182. The van der Waals surface area contributed by atoms with Crippen molar-refractivity contribution in [3.63, 3.8) is 0 Å². The lowest BCUT2D eigenvalue weighted by molar-refractivity contribution is 0.399. The van der Waals surface area contributed by atoms with Crippen LogP contribution in [0, 0.1) is 0 Å². The SMILES string of the molecule is c1ccc2c(c1)Oc1cc(-c3cccc4oc5ccccc5c34)ccc1C21c2ccccc2Oc2cc(-c3cccc4oc5ncccc5c34)ccc21. The number of aromatic nitrogens is 1. The van der Waals surface area contributed by atoms with Gasteiger partial charge in [-0.25, -0.2) is 4.98 Å². The van der Waals surface area contributed by atoms with Crippen LogP contribution in [0.4, 0.5) is 0 Å². The molecule has 10 aromatic rings. The van der Waals surface area contributed by atoms with Crippen LogP contribution in [0.25, 0.3) is 66.3 Å². The lowest BCUT2D eigenvalue weighted by atomic mass is 9.62. The lowest BCUT2D eigenvalue weighted by Gasteiger charge is -2.45. The van der Waals surface area contributed by atoms with E-state index in [0.717, 1.165) is 106 Å². The molecule has 0 radical (unpaired) electrons. The number of fused-ring (bicyclic) bond motifs is 14. The van der Waals surface area contributed by atoms with E-state index in [1.54, 1.807) is 6.20 Å². The van der Waals surface area contributed by atoms with Crippen LogP contribution in [0.1, 0.15) is 22.3 Å². The van der Waals surface area contributed by atoms with Crippen molar-refractivity contribution in [2.75, 3.05) is 0 Å². The fraction of sp³-hybridized carbons (Fsp3) is 0.0208. The molecule has 1 spiro atoms. The predicted molar refractivity (Wildman–Crippen MR) is 208 cm³/mol. The molecule has 12 rings (SSSR count). The number of hydrogen-bond donors (Lipinski definition) is 0. The van der Waals surface area contributed by atoms with Crippen molar-refractivity contribution >= 4 is 44.0 Å². The molecule has 0 bridgehead atoms. The number of rotatable bonds is 2. The fourth-order valence-corrected chi connectivity index (χ4v) is 8.92. The first kappa shape index (κ1) is 28.6. The Morgan fingerprint density at radius 2 is 0.925 bits per heavy atom. The number of hydrogen-bond acceptors (Lipinski definition) is 5. The van der Waals surface area contributed by atoms with Crippen molar-refractivity contribution in [2.45, 2.75) is 5.41 Å². The minimum Gasteiger partial charge on any atom is -0.457 e. The van der Waals surface area contributed by atoms with E-state index in [2.05, 4.69) is 114 Å². The van der Waals surface area contributed by atoms with Gasteiger partial charge in [0.2, 0.25) is 5.71 Å². The zero-order chi connectivity index (χ0) is 34.7. The molecule has 7 aromatic carbocycles. The van der Waals surface area contributed by atoms with Crippen molar-refractivity contribution in [1.29, 1.82) is 0 Å². The molecule has 53 heavy (non-hydrogen) atoms. The van der Waals surface area contributed by atoms with E-state index in [1.165, 1.54) is 0 Å². The minimum absolute atomic E-state index is 0.629. The summed E-state index contributed by atoms with van der Waals surface area (Å²) >= 11 is 0. The number of furan rings is 2. The van der Waals surface area contributed by atoms with Gasteiger partial charge in [0.25, 0.3) is 0 Å². The predicted octanol–water partition coefficient (Wildman–Crippen LogP) is 12.8. The molecule has 3 aromatic heterocycles. The highest BCUT2D eigenvalue weighted by atomic mass is 16.5. The van der Waals surface area contributed by atoms with Gasteiger partial charge in [-0.2, -0.15) is 0 Å². The molecule has 2 aliphatic rings. The van der Waals surface area contributed by atoms with Crippen molar-refractivity contribution in [2.24, 2.45) is 0 Å². The molecule has 0 amide bonds. The van der Waals surface area contributed by atoms with Gasteiger partial charge < -0.3 is 18.3 Å². The van der Waals surface area contributed by atoms with Crippen molar-refractivity contribution in [3.8, 4) is 45.3 Å². The number of para-hydroxylation sites is 3. The van der Waals surface area contributed by atoms with Crippen molar-refractivity contribution in [3.05, 3.63) is 186 Å². The van der Waals surface area contributed by atoms with Crippen LogP contribution in [0.2, 0.25) is 0 Å². The first-order valence-electron chi connectivity index (χ1n) is 17.8. The number of pyridine rings is 1. The second-order valence-corrected chi connectivity index (χ2v) is 13.8. The molecule has 5 heterocycles. The van der Waals surface area contributed by atoms with Gasteiger partial charge in [-0.1, -0.05) is 103 Å². The largest absolute Gasteiger partial charge is 0.457 e. The maximum atomic E-state index is 6.87. The number of benzene rings is 7. The summed E-state index contributed by atoms with van der Waals surface area (Å²) in [5, 5.41) is 4.22. The third kappa shape index (κ3) is 3.83. The maximum Gasteiger partial charge on any atom is 0.227 e. The van der Waals surface area contributed by atoms with E-state index in [-0.39, 0.29) is 0 Å². The molecule has 1 atom stereocenters. The Balaban J connectivity index is 1.11. The van der Waals surface area contributed by atoms with Gasteiger partial charge >= 0.3 is 0 Å². The number of nitrogens with zero attached hydrogens (tertiary/aromatic N) is 1. The van der Waals surface area contributed by atoms with E-state index in [9.17, 15) is 0 Å².